The Kier molecular flexibility index (Phi) is 3.71. The van der Waals surface area contributed by atoms with Gasteiger partial charge in [-0.1, -0.05) is 11.6 Å². The molecule has 1 N–H and O–H groups in total. The Bertz CT molecular complexity index is 1050. The van der Waals surface area contributed by atoms with Crippen molar-refractivity contribution in [3.8, 4) is 23.3 Å². The van der Waals surface area contributed by atoms with Gasteiger partial charge in [0.1, 0.15) is 17.6 Å². The van der Waals surface area contributed by atoms with Crippen LogP contribution in [-0.4, -0.2) is 23.9 Å². The lowest BCUT2D eigenvalue weighted by Crippen LogP contribution is -1.92. The summed E-state index contributed by atoms with van der Waals surface area (Å²) in [6.07, 6.45) is 1.67. The fourth-order valence-corrected chi connectivity index (χ4v) is 2.80. The van der Waals surface area contributed by atoms with Gasteiger partial charge < -0.3 is 19.2 Å². The first-order valence-corrected chi connectivity index (χ1v) is 7.81. The summed E-state index contributed by atoms with van der Waals surface area (Å²) >= 11 is 6.28. The number of imidazole rings is 1. The highest BCUT2D eigenvalue weighted by molar-refractivity contribution is 6.32. The molecule has 0 fully saturated rings. The number of hydrogen-bond donors (Lipinski definition) is 1. The van der Waals surface area contributed by atoms with Gasteiger partial charge in [-0.25, -0.2) is 4.98 Å². The number of benzene rings is 2. The molecule has 6 nitrogen and oxygen atoms in total. The number of aromatic amines is 1. The van der Waals surface area contributed by atoms with Crippen LogP contribution in [0.3, 0.4) is 0 Å². The first-order chi connectivity index (χ1) is 12.2. The summed E-state index contributed by atoms with van der Waals surface area (Å²) in [5.41, 5.74) is 2.54. The number of halogens is 1. The van der Waals surface area contributed by atoms with Crippen molar-refractivity contribution < 1.29 is 14.2 Å². The number of methoxy groups -OCH3 is 1. The number of rotatable bonds is 3. The Morgan fingerprint density at radius 1 is 1.32 bits per heavy atom. The molecule has 0 unspecified atom stereocenters. The predicted molar refractivity (Wildman–Crippen MR) is 93.7 cm³/mol. The van der Waals surface area contributed by atoms with Gasteiger partial charge in [-0.05, 0) is 29.8 Å². The number of ether oxygens (including phenoxy) is 3. The number of allylic oxidation sites excluding steroid dienone is 1. The Morgan fingerprint density at radius 3 is 2.88 bits per heavy atom. The molecule has 0 aliphatic carbocycles. The molecular weight excluding hydrogens is 342 g/mol. The van der Waals surface area contributed by atoms with E-state index in [1.54, 1.807) is 25.3 Å². The molecule has 1 aromatic heterocycles. The second-order valence-electron chi connectivity index (χ2n) is 5.37. The second-order valence-corrected chi connectivity index (χ2v) is 5.77. The standard InChI is InChI=1S/C18H12ClN3O3/c1-23-12-2-3-14-15(6-12)22-18(21-14)11(8-20)4-10-5-16-17(7-13(10)19)25-9-24-16/h2-7H,9H2,1H3,(H,21,22)/b11-4-. The molecule has 0 amide bonds. The van der Waals surface area contributed by atoms with Crippen molar-refractivity contribution in [2.24, 2.45) is 0 Å². The number of H-pyrrole nitrogens is 1. The van der Waals surface area contributed by atoms with Crippen molar-refractivity contribution in [1.82, 2.24) is 9.97 Å². The van der Waals surface area contributed by atoms with Crippen LogP contribution >= 0.6 is 11.6 Å². The van der Waals surface area contributed by atoms with Crippen molar-refractivity contribution >= 4 is 34.3 Å². The van der Waals surface area contributed by atoms with Crippen molar-refractivity contribution in [2.45, 2.75) is 0 Å². The third-order valence-electron chi connectivity index (χ3n) is 3.86. The van der Waals surface area contributed by atoms with Crippen LogP contribution < -0.4 is 14.2 Å². The summed E-state index contributed by atoms with van der Waals surface area (Å²) in [6, 6.07) is 11.1. The minimum atomic E-state index is 0.162. The molecule has 0 saturated heterocycles. The van der Waals surface area contributed by atoms with Gasteiger partial charge in [0.2, 0.25) is 6.79 Å². The zero-order valence-electron chi connectivity index (χ0n) is 13.2. The third-order valence-corrected chi connectivity index (χ3v) is 4.18. The summed E-state index contributed by atoms with van der Waals surface area (Å²) < 4.78 is 15.8. The van der Waals surface area contributed by atoms with E-state index in [4.69, 9.17) is 25.8 Å². The molecule has 1 aliphatic rings. The molecule has 0 bridgehead atoms. The predicted octanol–water partition coefficient (Wildman–Crippen LogP) is 4.02. The number of nitrogens with zero attached hydrogens (tertiary/aromatic N) is 2. The fourth-order valence-electron chi connectivity index (χ4n) is 2.60. The number of nitrogens with one attached hydrogen (secondary N) is 1. The third kappa shape index (κ3) is 2.75. The van der Waals surface area contributed by atoms with E-state index < -0.39 is 0 Å². The van der Waals surface area contributed by atoms with Crippen LogP contribution in [0.25, 0.3) is 22.7 Å². The highest BCUT2D eigenvalue weighted by atomic mass is 35.5. The number of hydrogen-bond acceptors (Lipinski definition) is 5. The molecule has 124 valence electrons. The first-order valence-electron chi connectivity index (χ1n) is 7.43. The monoisotopic (exact) mass is 353 g/mol. The van der Waals surface area contributed by atoms with Gasteiger partial charge in [-0.2, -0.15) is 5.26 Å². The highest BCUT2D eigenvalue weighted by Gasteiger charge is 2.17. The average molecular weight is 354 g/mol. The molecule has 3 aromatic rings. The normalized spacial score (nSPS) is 13.1. The molecule has 0 spiro atoms. The van der Waals surface area contributed by atoms with Gasteiger partial charge in [0.15, 0.2) is 11.5 Å². The lowest BCUT2D eigenvalue weighted by atomic mass is 10.1. The summed E-state index contributed by atoms with van der Waals surface area (Å²) in [4.78, 5) is 7.59. The van der Waals surface area contributed by atoms with E-state index in [-0.39, 0.29) is 6.79 Å². The Balaban J connectivity index is 1.78. The van der Waals surface area contributed by atoms with E-state index in [1.165, 1.54) is 0 Å². The van der Waals surface area contributed by atoms with E-state index in [2.05, 4.69) is 16.0 Å². The molecule has 2 aromatic carbocycles. The number of nitriles is 1. The van der Waals surface area contributed by atoms with E-state index in [9.17, 15) is 5.26 Å². The van der Waals surface area contributed by atoms with Crippen molar-refractivity contribution in [3.05, 3.63) is 46.7 Å². The van der Waals surface area contributed by atoms with Gasteiger partial charge in [0, 0.05) is 12.1 Å². The van der Waals surface area contributed by atoms with Crippen molar-refractivity contribution in [1.29, 1.82) is 5.26 Å². The fraction of sp³-hybridized carbons (Fsp3) is 0.111. The van der Waals surface area contributed by atoms with E-state index in [0.29, 0.717) is 39.2 Å². The minimum Gasteiger partial charge on any atom is -0.497 e. The average Bonchev–Trinajstić information content (AvgIpc) is 3.24. The maximum Gasteiger partial charge on any atom is 0.231 e. The zero-order chi connectivity index (χ0) is 17.4. The summed E-state index contributed by atoms with van der Waals surface area (Å²) in [7, 11) is 1.60. The van der Waals surface area contributed by atoms with Crippen molar-refractivity contribution in [3.63, 3.8) is 0 Å². The molecular formula is C18H12ClN3O3. The smallest absolute Gasteiger partial charge is 0.231 e. The molecule has 0 radical (unpaired) electrons. The second kappa shape index (κ2) is 6.04. The summed E-state index contributed by atoms with van der Waals surface area (Å²) in [5.74, 6) is 2.36. The van der Waals surface area contributed by atoms with Gasteiger partial charge in [-0.3, -0.25) is 0 Å². The molecule has 0 atom stereocenters. The first kappa shape index (κ1) is 15.4. The minimum absolute atomic E-state index is 0.162. The summed E-state index contributed by atoms with van der Waals surface area (Å²) in [6.45, 7) is 0.162. The van der Waals surface area contributed by atoms with Crippen LogP contribution in [0, 0.1) is 11.3 Å². The van der Waals surface area contributed by atoms with Gasteiger partial charge >= 0.3 is 0 Å². The SMILES string of the molecule is COc1ccc2nc(/C(C#N)=C\c3cc4c(cc3Cl)OCO4)[nH]c2c1. The van der Waals surface area contributed by atoms with E-state index in [0.717, 1.165) is 11.0 Å². The topological polar surface area (TPSA) is 80.2 Å². The quantitative estimate of drug-likeness (QED) is 0.719. The van der Waals surface area contributed by atoms with Crippen LogP contribution in [0.1, 0.15) is 11.4 Å². The van der Waals surface area contributed by atoms with E-state index in [1.807, 2.05) is 18.2 Å². The molecule has 25 heavy (non-hydrogen) atoms. The van der Waals surface area contributed by atoms with E-state index >= 15 is 0 Å². The molecule has 2 heterocycles. The van der Waals surface area contributed by atoms with Crippen LogP contribution in [0.15, 0.2) is 30.3 Å². The Labute approximate surface area is 148 Å². The summed E-state index contributed by atoms with van der Waals surface area (Å²) in [5, 5.41) is 10.0. The van der Waals surface area contributed by atoms with Crippen LogP contribution in [0.2, 0.25) is 5.02 Å². The molecule has 0 saturated carbocycles. The maximum atomic E-state index is 9.55. The number of aromatic nitrogens is 2. The Hall–Kier alpha value is -3.17. The van der Waals surface area contributed by atoms with Crippen LogP contribution in [0.5, 0.6) is 17.2 Å². The largest absolute Gasteiger partial charge is 0.497 e. The van der Waals surface area contributed by atoms with Crippen LogP contribution in [0.4, 0.5) is 0 Å². The molecule has 4 rings (SSSR count). The van der Waals surface area contributed by atoms with Gasteiger partial charge in [0.05, 0.1) is 28.7 Å². The maximum absolute atomic E-state index is 9.55. The molecule has 1 aliphatic heterocycles. The lowest BCUT2D eigenvalue weighted by Gasteiger charge is -2.02. The van der Waals surface area contributed by atoms with Crippen LogP contribution in [-0.2, 0) is 0 Å². The van der Waals surface area contributed by atoms with Gasteiger partial charge in [0.25, 0.3) is 0 Å². The lowest BCUT2D eigenvalue weighted by molar-refractivity contribution is 0.174. The molecule has 7 heteroatoms. The van der Waals surface area contributed by atoms with Crippen molar-refractivity contribution in [2.75, 3.05) is 13.9 Å². The van der Waals surface area contributed by atoms with Gasteiger partial charge in [-0.15, -0.1) is 0 Å². The number of fused-ring (bicyclic) bond motifs is 2. The Morgan fingerprint density at radius 2 is 2.12 bits per heavy atom. The highest BCUT2D eigenvalue weighted by Crippen LogP contribution is 2.38. The zero-order valence-corrected chi connectivity index (χ0v) is 13.9.